The minimum atomic E-state index is -2.34. The first kappa shape index (κ1) is 47.1. The molecular formula is C43H60N2O12. The van der Waals surface area contributed by atoms with E-state index in [0.29, 0.717) is 0 Å². The zero-order chi connectivity index (χ0) is 42.7. The van der Waals surface area contributed by atoms with Gasteiger partial charge >= 0.3 is 0 Å². The van der Waals surface area contributed by atoms with Crippen molar-refractivity contribution in [1.82, 2.24) is 10.3 Å². The van der Waals surface area contributed by atoms with E-state index in [9.17, 15) is 45.0 Å². The lowest BCUT2D eigenvalue weighted by molar-refractivity contribution is -0.359. The number of aromatic nitrogens is 1. The van der Waals surface area contributed by atoms with Crippen LogP contribution in [-0.2, 0) is 19.0 Å². The smallest absolute Gasteiger partial charge is 0.262 e. The predicted molar refractivity (Wildman–Crippen MR) is 215 cm³/mol. The maximum atomic E-state index is 13.3. The molecule has 1 aromatic rings. The summed E-state index contributed by atoms with van der Waals surface area (Å²) in [5.74, 6) is -5.55. The van der Waals surface area contributed by atoms with Crippen molar-refractivity contribution in [3.8, 4) is 5.75 Å². The molecule has 57 heavy (non-hydrogen) atoms. The molecule has 3 rings (SSSR count). The number of H-pyrrole nitrogens is 1. The number of carbonyl (C=O) groups is 2. The van der Waals surface area contributed by atoms with Gasteiger partial charge in [-0.15, -0.1) is 0 Å². The average molecular weight is 797 g/mol. The van der Waals surface area contributed by atoms with Gasteiger partial charge in [-0.1, -0.05) is 101 Å². The van der Waals surface area contributed by atoms with Gasteiger partial charge in [0.2, 0.25) is 11.7 Å². The van der Waals surface area contributed by atoms with E-state index in [1.807, 2.05) is 26.8 Å². The fourth-order valence-corrected chi connectivity index (χ4v) is 7.12. The third-order valence-corrected chi connectivity index (χ3v) is 10.7. The first-order valence-corrected chi connectivity index (χ1v) is 19.1. The number of aromatic hydroxyl groups is 1. The van der Waals surface area contributed by atoms with Crippen molar-refractivity contribution >= 4 is 11.7 Å². The molecule has 2 saturated heterocycles. The zero-order valence-electron chi connectivity index (χ0n) is 33.9. The van der Waals surface area contributed by atoms with E-state index in [0.717, 1.165) is 5.57 Å². The van der Waals surface area contributed by atoms with Crippen molar-refractivity contribution in [1.29, 1.82) is 0 Å². The van der Waals surface area contributed by atoms with Crippen LogP contribution in [-0.4, -0.2) is 116 Å². The maximum Gasteiger partial charge on any atom is 0.262 e. The molecule has 2 fully saturated rings. The lowest BCUT2D eigenvalue weighted by atomic mass is 9.71. The van der Waals surface area contributed by atoms with Gasteiger partial charge in [0.25, 0.3) is 5.56 Å². The third kappa shape index (κ3) is 11.0. The summed E-state index contributed by atoms with van der Waals surface area (Å²) in [5.41, 5.74) is -1.02. The van der Waals surface area contributed by atoms with E-state index >= 15 is 0 Å². The number of pyridine rings is 1. The van der Waals surface area contributed by atoms with Crippen LogP contribution in [0.25, 0.3) is 0 Å². The van der Waals surface area contributed by atoms with E-state index in [4.69, 9.17) is 14.2 Å². The standard InChI is InChI=1S/C43H60N2O12/c1-9-11-13-21-31-42(6,7)38(50)39(51)43(54,57-31)28(10-2)40(52)44-23-17-16-19-26(4)36(55-8)27(5)37-35(49)34(48)30(56-37)20-15-12-14-18-25(3)33(47)32-29(46)22-24-45-41(32)53/h9,11-22,24,27-28,30-31,34-39,48-51,54H,10,23H2,1-8H3,(H,44,52)(H2,45,46,53). The number of aliphatic hydroxyl groups is 5. The van der Waals surface area contributed by atoms with Crippen molar-refractivity contribution in [3.05, 3.63) is 112 Å². The van der Waals surface area contributed by atoms with Gasteiger partial charge in [-0.2, -0.15) is 0 Å². The molecule has 8 N–H and O–H groups in total. The number of hydrogen-bond donors (Lipinski definition) is 8. The summed E-state index contributed by atoms with van der Waals surface area (Å²) in [6.45, 7) is 12.2. The molecule has 11 unspecified atom stereocenters. The Labute approximate surface area is 334 Å². The Morgan fingerprint density at radius 1 is 1.00 bits per heavy atom. The summed E-state index contributed by atoms with van der Waals surface area (Å²) < 4.78 is 17.8. The van der Waals surface area contributed by atoms with Gasteiger partial charge in [-0.05, 0) is 44.4 Å². The topological polar surface area (TPSA) is 228 Å². The average Bonchev–Trinajstić information content (AvgIpc) is 3.45. The molecule has 14 nitrogen and oxygen atoms in total. The molecule has 14 heteroatoms. The Kier molecular flexibility index (Phi) is 17.3. The second-order valence-electron chi connectivity index (χ2n) is 15.0. The number of ketones is 1. The van der Waals surface area contributed by atoms with Crippen molar-refractivity contribution in [2.45, 2.75) is 110 Å². The number of hydrogen-bond acceptors (Lipinski definition) is 12. The second kappa shape index (κ2) is 21.0. The van der Waals surface area contributed by atoms with Crippen LogP contribution in [0.15, 0.2) is 101 Å². The van der Waals surface area contributed by atoms with Crippen LogP contribution in [0, 0.1) is 17.3 Å². The van der Waals surface area contributed by atoms with E-state index in [1.54, 1.807) is 81.5 Å². The molecule has 0 aliphatic carbocycles. The Hall–Kier alpha value is -4.25. The Balaban J connectivity index is 1.60. The summed E-state index contributed by atoms with van der Waals surface area (Å²) >= 11 is 0. The van der Waals surface area contributed by atoms with Crippen LogP contribution in [0.4, 0.5) is 0 Å². The lowest BCUT2D eigenvalue weighted by Gasteiger charge is -2.53. The first-order valence-electron chi connectivity index (χ1n) is 19.1. The molecule has 2 aliphatic heterocycles. The Bertz CT molecular complexity index is 1810. The molecule has 3 heterocycles. The van der Waals surface area contributed by atoms with Gasteiger partial charge in [0.05, 0.1) is 30.3 Å². The van der Waals surface area contributed by atoms with Crippen molar-refractivity contribution < 1.29 is 54.4 Å². The molecule has 1 amide bonds. The molecule has 11 atom stereocenters. The number of nitrogens with one attached hydrogen (secondary N) is 2. The van der Waals surface area contributed by atoms with Gasteiger partial charge in [-0.3, -0.25) is 14.4 Å². The third-order valence-electron chi connectivity index (χ3n) is 10.7. The van der Waals surface area contributed by atoms with E-state index in [2.05, 4.69) is 10.3 Å². The van der Waals surface area contributed by atoms with Gasteiger partial charge in [0.15, 0.2) is 5.78 Å². The summed E-state index contributed by atoms with van der Waals surface area (Å²) in [4.78, 5) is 40.2. The van der Waals surface area contributed by atoms with E-state index in [-0.39, 0.29) is 24.1 Å². The van der Waals surface area contributed by atoms with E-state index < -0.39 is 94.9 Å². The highest BCUT2D eigenvalue weighted by molar-refractivity contribution is 6.09. The summed E-state index contributed by atoms with van der Waals surface area (Å²) in [7, 11) is 1.52. The van der Waals surface area contributed by atoms with Gasteiger partial charge in [0, 0.05) is 31.2 Å². The Morgan fingerprint density at radius 3 is 2.32 bits per heavy atom. The van der Waals surface area contributed by atoms with Crippen molar-refractivity contribution in [2.24, 2.45) is 17.3 Å². The summed E-state index contributed by atoms with van der Waals surface area (Å²) in [6.07, 6.45) is 12.8. The number of allylic oxidation sites excluding steroid dienone is 10. The van der Waals surface area contributed by atoms with Gasteiger partial charge in [0.1, 0.15) is 35.7 Å². The summed E-state index contributed by atoms with van der Waals surface area (Å²) in [6, 6.07) is 1.22. The minimum absolute atomic E-state index is 0.0817. The minimum Gasteiger partial charge on any atom is -0.507 e. The van der Waals surface area contributed by atoms with Crippen LogP contribution < -0.4 is 10.9 Å². The maximum absolute atomic E-state index is 13.3. The number of Topliss-reactive ketones (excluding diaryl/α,β-unsaturated/α-hetero) is 1. The SMILES string of the molecule is CC=CC=CC1OC(O)(C(CC)C(=O)NCC=CC=C(C)C(OC)C(C)C2OC(C=CC=CC=C(C)C(=O)c3c(O)cc[nH]c3=O)C(O)C2O)C(O)C(O)C1(C)C. The fourth-order valence-electron chi connectivity index (χ4n) is 7.12. The molecular weight excluding hydrogens is 736 g/mol. The number of rotatable bonds is 17. The number of methoxy groups -OCH3 is 1. The highest BCUT2D eigenvalue weighted by Crippen LogP contribution is 2.44. The highest BCUT2D eigenvalue weighted by Gasteiger charge is 2.60. The van der Waals surface area contributed by atoms with Crippen LogP contribution in [0.2, 0.25) is 0 Å². The number of ether oxygens (including phenoxy) is 3. The molecule has 0 spiro atoms. The lowest BCUT2D eigenvalue weighted by Crippen LogP contribution is -2.69. The quantitative estimate of drug-likeness (QED) is 0.0647. The molecule has 2 aliphatic rings. The molecule has 0 saturated carbocycles. The molecule has 314 valence electrons. The molecule has 1 aromatic heterocycles. The van der Waals surface area contributed by atoms with Crippen LogP contribution in [0.5, 0.6) is 5.75 Å². The summed E-state index contributed by atoms with van der Waals surface area (Å²) in [5, 5.41) is 67.8. The largest absolute Gasteiger partial charge is 0.507 e. The van der Waals surface area contributed by atoms with Gasteiger partial charge < -0.3 is 55.2 Å². The van der Waals surface area contributed by atoms with Crippen LogP contribution >= 0.6 is 0 Å². The number of carbonyl (C=O) groups excluding carboxylic acids is 2. The zero-order valence-corrected chi connectivity index (χ0v) is 33.9. The number of aromatic amines is 1. The van der Waals surface area contributed by atoms with Crippen LogP contribution in [0.3, 0.4) is 0 Å². The van der Waals surface area contributed by atoms with Crippen molar-refractivity contribution in [2.75, 3.05) is 13.7 Å². The van der Waals surface area contributed by atoms with Crippen molar-refractivity contribution in [3.63, 3.8) is 0 Å². The second-order valence-corrected chi connectivity index (χ2v) is 15.0. The molecule has 0 bridgehead atoms. The highest BCUT2D eigenvalue weighted by atomic mass is 16.7. The Morgan fingerprint density at radius 2 is 1.68 bits per heavy atom. The van der Waals surface area contributed by atoms with Crippen LogP contribution in [0.1, 0.15) is 65.2 Å². The normalized spacial score (nSPS) is 30.2. The predicted octanol–water partition coefficient (Wildman–Crippen LogP) is 3.07. The monoisotopic (exact) mass is 796 g/mol. The number of amides is 1. The number of aliphatic hydroxyl groups excluding tert-OH is 4. The first-order chi connectivity index (χ1) is 26.9. The fraction of sp³-hybridized carbons (Fsp3) is 0.512. The van der Waals surface area contributed by atoms with E-state index in [1.165, 1.54) is 32.4 Å². The van der Waals surface area contributed by atoms with Gasteiger partial charge in [-0.25, -0.2) is 0 Å². The molecule has 0 aromatic carbocycles. The molecule has 0 radical (unpaired) electrons.